The number of alkyl carbamates (subject to hydrolysis) is 1. The topological polar surface area (TPSA) is 143 Å². The first kappa shape index (κ1) is 38.7. The Morgan fingerprint density at radius 2 is 1.51 bits per heavy atom. The summed E-state index contributed by atoms with van der Waals surface area (Å²) >= 11 is 0. The summed E-state index contributed by atoms with van der Waals surface area (Å²) in [7, 11) is 0. The third-order valence-electron chi connectivity index (χ3n) is 7.46. The predicted octanol–water partition coefficient (Wildman–Crippen LogP) is 5.16. The van der Waals surface area contributed by atoms with Gasteiger partial charge in [-0.05, 0) is 62.5 Å². The van der Waals surface area contributed by atoms with Crippen molar-refractivity contribution in [3.05, 3.63) is 97.1 Å². The van der Waals surface area contributed by atoms with E-state index in [9.17, 15) is 24.3 Å². The fourth-order valence-corrected chi connectivity index (χ4v) is 4.87. The van der Waals surface area contributed by atoms with E-state index >= 15 is 0 Å². The van der Waals surface area contributed by atoms with E-state index in [1.54, 1.807) is 6.08 Å². The molecule has 0 unspecified atom stereocenters. The van der Waals surface area contributed by atoms with Gasteiger partial charge in [-0.15, -0.1) is 13.2 Å². The van der Waals surface area contributed by atoms with Crippen LogP contribution in [0.2, 0.25) is 0 Å². The molecule has 4 N–H and O–H groups in total. The second kappa shape index (κ2) is 23.8. The van der Waals surface area contributed by atoms with Crippen LogP contribution < -0.4 is 16.0 Å². The van der Waals surface area contributed by atoms with Crippen LogP contribution in [0.4, 0.5) is 4.79 Å². The van der Waals surface area contributed by atoms with Crippen LogP contribution in [0.1, 0.15) is 68.9 Å². The van der Waals surface area contributed by atoms with E-state index in [0.29, 0.717) is 38.6 Å². The molecule has 0 aromatic heterocycles. The smallest absolute Gasteiger partial charge is 0.407 e. The Morgan fingerprint density at radius 1 is 0.809 bits per heavy atom. The molecule has 0 radical (unpaired) electrons. The van der Waals surface area contributed by atoms with Crippen molar-refractivity contribution in [2.75, 3.05) is 19.8 Å². The lowest BCUT2D eigenvalue weighted by atomic mass is 9.98. The van der Waals surface area contributed by atoms with Crippen molar-refractivity contribution in [3.63, 3.8) is 0 Å². The van der Waals surface area contributed by atoms with Crippen molar-refractivity contribution < 1.29 is 33.8 Å². The number of amides is 3. The van der Waals surface area contributed by atoms with Gasteiger partial charge in [0.2, 0.25) is 11.8 Å². The van der Waals surface area contributed by atoms with Crippen LogP contribution in [-0.2, 0) is 36.9 Å². The molecule has 2 aromatic rings. The second-order valence-corrected chi connectivity index (χ2v) is 11.5. The van der Waals surface area contributed by atoms with Gasteiger partial charge in [-0.25, -0.2) is 4.79 Å². The molecule has 0 bridgehead atoms. The molecule has 0 aliphatic rings. The van der Waals surface area contributed by atoms with Gasteiger partial charge in [0, 0.05) is 19.4 Å². The van der Waals surface area contributed by atoms with Gasteiger partial charge in [0.05, 0.1) is 24.6 Å². The molecule has 0 aliphatic heterocycles. The first-order valence-corrected chi connectivity index (χ1v) is 16.4. The van der Waals surface area contributed by atoms with E-state index in [1.165, 1.54) is 0 Å². The fourth-order valence-electron chi connectivity index (χ4n) is 4.87. The van der Waals surface area contributed by atoms with Crippen molar-refractivity contribution in [1.29, 1.82) is 0 Å². The summed E-state index contributed by atoms with van der Waals surface area (Å²) < 4.78 is 10.7. The number of hydrogen-bond donors (Lipinski definition) is 4. The van der Waals surface area contributed by atoms with E-state index in [1.807, 2.05) is 66.7 Å². The summed E-state index contributed by atoms with van der Waals surface area (Å²) in [6.45, 7) is 7.75. The van der Waals surface area contributed by atoms with Crippen molar-refractivity contribution in [2.24, 2.45) is 5.92 Å². The van der Waals surface area contributed by atoms with Crippen LogP contribution in [-0.4, -0.2) is 60.8 Å². The highest BCUT2D eigenvalue weighted by atomic mass is 16.5. The molecule has 256 valence electrons. The summed E-state index contributed by atoms with van der Waals surface area (Å²) in [4.78, 5) is 50.7. The van der Waals surface area contributed by atoms with Crippen LogP contribution in [0.5, 0.6) is 0 Å². The predicted molar refractivity (Wildman–Crippen MR) is 182 cm³/mol. The van der Waals surface area contributed by atoms with Crippen molar-refractivity contribution in [3.8, 4) is 0 Å². The molecule has 0 heterocycles. The number of hydrogen-bond acceptors (Lipinski definition) is 7. The van der Waals surface area contributed by atoms with Crippen molar-refractivity contribution in [2.45, 2.75) is 82.9 Å². The quantitative estimate of drug-likeness (QED) is 0.0699. The maximum atomic E-state index is 13.4. The Hall–Kier alpha value is -4.44. The Morgan fingerprint density at radius 3 is 2.17 bits per heavy atom. The number of ether oxygens (including phenoxy) is 2. The molecule has 2 rings (SSSR count). The first-order valence-electron chi connectivity index (χ1n) is 16.4. The van der Waals surface area contributed by atoms with Gasteiger partial charge in [0.1, 0.15) is 13.2 Å². The van der Waals surface area contributed by atoms with Gasteiger partial charge in [-0.3, -0.25) is 14.4 Å². The average molecular weight is 650 g/mol. The van der Waals surface area contributed by atoms with Crippen molar-refractivity contribution in [1.82, 2.24) is 16.0 Å². The Labute approximate surface area is 279 Å². The molecule has 3 amide bonds. The standard InChI is InChI=1S/C37H51N3O7/c1-3-5-6-13-22-35(43)46-28-32(21-14-15-23-38-37(45)47-27-30-19-11-8-12-20-30)40-36(44)31(16-4-2)25-34(42)39-33(26-41)24-29-17-9-7-10-18-29/h3-4,7-12,17-20,31-33,41H,1-2,5-6,13-16,21-28H2,(H,38,45)(H,39,42)(H,40,44)/t31-,32-,33+/m0/s1. The van der Waals surface area contributed by atoms with Crippen LogP contribution >= 0.6 is 0 Å². The van der Waals surface area contributed by atoms with Crippen LogP contribution in [0.25, 0.3) is 0 Å². The highest BCUT2D eigenvalue weighted by molar-refractivity contribution is 5.86. The lowest BCUT2D eigenvalue weighted by Gasteiger charge is -2.23. The summed E-state index contributed by atoms with van der Waals surface area (Å²) in [6, 6.07) is 17.9. The number of aliphatic hydroxyl groups excluding tert-OH is 1. The SMILES string of the molecule is C=CCCCCC(=O)OC[C@H](CCCCNC(=O)OCc1ccccc1)NC(=O)[C@@H](CC=C)CC(=O)N[C@@H](CO)Cc1ccccc1. The third kappa shape index (κ3) is 17.7. The molecule has 0 fully saturated rings. The number of unbranched alkanes of at least 4 members (excludes halogenated alkanes) is 3. The zero-order valence-electron chi connectivity index (χ0n) is 27.4. The Bertz CT molecular complexity index is 1220. The van der Waals surface area contributed by atoms with E-state index in [-0.39, 0.29) is 56.9 Å². The monoisotopic (exact) mass is 649 g/mol. The Kier molecular flexibility index (Phi) is 19.6. The third-order valence-corrected chi connectivity index (χ3v) is 7.46. The summed E-state index contributed by atoms with van der Waals surface area (Å²) in [5.41, 5.74) is 1.87. The maximum absolute atomic E-state index is 13.4. The lowest BCUT2D eigenvalue weighted by Crippen LogP contribution is -2.45. The molecule has 47 heavy (non-hydrogen) atoms. The normalized spacial score (nSPS) is 12.5. The first-order chi connectivity index (χ1) is 22.8. The number of esters is 1. The number of allylic oxidation sites excluding steroid dienone is 2. The number of carbonyl (C=O) groups excluding carboxylic acids is 4. The molecule has 10 heteroatoms. The zero-order chi connectivity index (χ0) is 34.1. The largest absolute Gasteiger partial charge is 0.463 e. The number of rotatable bonds is 24. The molecular formula is C37H51N3O7. The van der Waals surface area contributed by atoms with Gasteiger partial charge in [-0.1, -0.05) is 72.8 Å². The van der Waals surface area contributed by atoms with E-state index in [0.717, 1.165) is 24.0 Å². The van der Waals surface area contributed by atoms with Crippen LogP contribution in [0.3, 0.4) is 0 Å². The minimum Gasteiger partial charge on any atom is -0.463 e. The second-order valence-electron chi connectivity index (χ2n) is 11.5. The number of carbonyl (C=O) groups is 4. The lowest BCUT2D eigenvalue weighted by molar-refractivity contribution is -0.145. The zero-order valence-corrected chi connectivity index (χ0v) is 27.4. The van der Waals surface area contributed by atoms with Crippen LogP contribution in [0, 0.1) is 5.92 Å². The van der Waals surface area contributed by atoms with Gasteiger partial charge in [-0.2, -0.15) is 0 Å². The molecule has 0 aliphatic carbocycles. The molecule has 0 saturated carbocycles. The Balaban J connectivity index is 1.89. The summed E-state index contributed by atoms with van der Waals surface area (Å²) in [5.74, 6) is -1.73. The average Bonchev–Trinajstić information content (AvgIpc) is 3.08. The highest BCUT2D eigenvalue weighted by Crippen LogP contribution is 2.13. The molecular weight excluding hydrogens is 598 g/mol. The van der Waals surface area contributed by atoms with E-state index < -0.39 is 24.1 Å². The molecule has 0 saturated heterocycles. The van der Waals surface area contributed by atoms with E-state index in [4.69, 9.17) is 9.47 Å². The van der Waals surface area contributed by atoms with E-state index in [2.05, 4.69) is 29.1 Å². The van der Waals surface area contributed by atoms with Gasteiger partial charge in [0.15, 0.2) is 0 Å². The van der Waals surface area contributed by atoms with Gasteiger partial charge >= 0.3 is 12.1 Å². The van der Waals surface area contributed by atoms with Crippen LogP contribution in [0.15, 0.2) is 86.0 Å². The molecule has 2 aromatic carbocycles. The van der Waals surface area contributed by atoms with Gasteiger partial charge in [0.25, 0.3) is 0 Å². The minimum absolute atomic E-state index is 0.00472. The minimum atomic E-state index is -0.693. The van der Waals surface area contributed by atoms with Gasteiger partial charge < -0.3 is 30.5 Å². The number of nitrogens with one attached hydrogen (secondary N) is 3. The fraction of sp³-hybridized carbons (Fsp3) is 0.459. The number of benzene rings is 2. The molecule has 3 atom stereocenters. The van der Waals surface area contributed by atoms with Crippen molar-refractivity contribution >= 4 is 23.9 Å². The summed E-state index contributed by atoms with van der Waals surface area (Å²) in [6.07, 6.45) is 7.89. The summed E-state index contributed by atoms with van der Waals surface area (Å²) in [5, 5.41) is 18.4. The number of aliphatic hydroxyl groups is 1. The molecule has 0 spiro atoms. The molecule has 10 nitrogen and oxygen atoms in total. The maximum Gasteiger partial charge on any atom is 0.407 e. The highest BCUT2D eigenvalue weighted by Gasteiger charge is 2.25.